The fraction of sp³-hybridized carbons (Fsp3) is 0.200. The van der Waals surface area contributed by atoms with Gasteiger partial charge >= 0.3 is 5.97 Å². The minimum absolute atomic E-state index is 0.275. The Balaban J connectivity index is 2.12. The first-order valence-corrected chi connectivity index (χ1v) is 4.76. The van der Waals surface area contributed by atoms with Crippen LogP contribution in [0.15, 0.2) is 22.7 Å². The molecule has 0 spiro atoms. The lowest BCUT2D eigenvalue weighted by atomic mass is 10.2. The molecule has 2 aromatic rings. The first-order chi connectivity index (χ1) is 8.08. The third-order valence-electron chi connectivity index (χ3n) is 2.16. The third kappa shape index (κ3) is 2.28. The lowest BCUT2D eigenvalue weighted by Gasteiger charge is -2.07. The molecule has 7 nitrogen and oxygen atoms in total. The molecule has 0 amide bonds. The number of rotatable bonds is 4. The molecule has 0 aliphatic heterocycles. The highest BCUT2D eigenvalue weighted by atomic mass is 16.5. The number of hydrogen-bond donors (Lipinski definition) is 3. The molecule has 1 heterocycles. The van der Waals surface area contributed by atoms with Crippen LogP contribution in [0.25, 0.3) is 11.0 Å². The van der Waals surface area contributed by atoms with Crippen LogP contribution in [0.4, 0.5) is 5.82 Å². The van der Waals surface area contributed by atoms with E-state index >= 15 is 0 Å². The van der Waals surface area contributed by atoms with Crippen molar-refractivity contribution < 1.29 is 24.3 Å². The third-order valence-corrected chi connectivity index (χ3v) is 2.16. The Bertz CT molecular complexity index is 551. The van der Waals surface area contributed by atoms with Crippen LogP contribution in [-0.4, -0.2) is 34.0 Å². The minimum atomic E-state index is -1.56. The molecule has 7 heteroatoms. The van der Waals surface area contributed by atoms with Crippen LogP contribution >= 0.6 is 0 Å². The molecule has 90 valence electrons. The van der Waals surface area contributed by atoms with E-state index in [0.717, 1.165) is 0 Å². The van der Waals surface area contributed by atoms with Gasteiger partial charge in [-0.3, -0.25) is 0 Å². The Labute approximate surface area is 95.4 Å². The van der Waals surface area contributed by atoms with E-state index in [0.29, 0.717) is 16.7 Å². The van der Waals surface area contributed by atoms with Crippen LogP contribution in [0.3, 0.4) is 0 Å². The number of nitrogens with two attached hydrogens (primary N) is 1. The van der Waals surface area contributed by atoms with E-state index in [9.17, 15) is 4.79 Å². The van der Waals surface area contributed by atoms with Crippen LogP contribution in [0.2, 0.25) is 0 Å². The molecule has 17 heavy (non-hydrogen) atoms. The van der Waals surface area contributed by atoms with Crippen LogP contribution in [0, 0.1) is 0 Å². The van der Waals surface area contributed by atoms with E-state index in [1.54, 1.807) is 12.1 Å². The summed E-state index contributed by atoms with van der Waals surface area (Å²) in [7, 11) is 0. The number of carboxylic acids is 1. The molecule has 0 saturated carbocycles. The van der Waals surface area contributed by atoms with Gasteiger partial charge in [0.1, 0.15) is 12.4 Å². The second-order valence-electron chi connectivity index (χ2n) is 3.39. The standard InChI is InChI=1S/C10H10N2O5/c11-9-6-2-1-5(3-8(6)17-12-9)16-4-7(13)10(14)15/h1-3,7,13H,4H2,(H2,11,12)(H,14,15). The molecule has 0 saturated heterocycles. The van der Waals surface area contributed by atoms with Crippen molar-refractivity contribution in [3.05, 3.63) is 18.2 Å². The Morgan fingerprint density at radius 2 is 2.35 bits per heavy atom. The van der Waals surface area contributed by atoms with Crippen molar-refractivity contribution in [3.63, 3.8) is 0 Å². The van der Waals surface area contributed by atoms with Gasteiger partial charge in [0.15, 0.2) is 17.5 Å². The monoisotopic (exact) mass is 238 g/mol. The van der Waals surface area contributed by atoms with Gasteiger partial charge < -0.3 is 25.2 Å². The van der Waals surface area contributed by atoms with Gasteiger partial charge in [-0.25, -0.2) is 4.79 Å². The molecule has 0 radical (unpaired) electrons. The Morgan fingerprint density at radius 1 is 1.59 bits per heavy atom. The molecular weight excluding hydrogens is 228 g/mol. The summed E-state index contributed by atoms with van der Waals surface area (Å²) in [6.07, 6.45) is -1.56. The number of carboxylic acid groups (broad SMARTS) is 1. The maximum Gasteiger partial charge on any atom is 0.336 e. The zero-order chi connectivity index (χ0) is 12.4. The van der Waals surface area contributed by atoms with E-state index in [-0.39, 0.29) is 12.4 Å². The number of aliphatic carboxylic acids is 1. The Kier molecular flexibility index (Phi) is 2.84. The SMILES string of the molecule is Nc1noc2cc(OCC(O)C(=O)O)ccc12. The predicted molar refractivity (Wildman–Crippen MR) is 57.6 cm³/mol. The highest BCUT2D eigenvalue weighted by Crippen LogP contribution is 2.24. The van der Waals surface area contributed by atoms with Crippen LogP contribution in [0.1, 0.15) is 0 Å². The highest BCUT2D eigenvalue weighted by Gasteiger charge is 2.14. The number of anilines is 1. The number of carbonyl (C=O) groups is 1. The molecular formula is C10H10N2O5. The van der Waals surface area contributed by atoms with Gasteiger partial charge in [-0.05, 0) is 12.1 Å². The number of hydrogen-bond acceptors (Lipinski definition) is 6. The van der Waals surface area contributed by atoms with E-state index in [1.807, 2.05) is 0 Å². The quantitative estimate of drug-likeness (QED) is 0.697. The summed E-state index contributed by atoms with van der Waals surface area (Å²) in [4.78, 5) is 10.4. The average Bonchev–Trinajstić information content (AvgIpc) is 2.67. The van der Waals surface area contributed by atoms with Crippen molar-refractivity contribution in [1.82, 2.24) is 5.16 Å². The van der Waals surface area contributed by atoms with E-state index in [4.69, 9.17) is 25.2 Å². The number of aromatic nitrogens is 1. The second-order valence-corrected chi connectivity index (χ2v) is 3.39. The van der Waals surface area contributed by atoms with Crippen molar-refractivity contribution in [2.75, 3.05) is 12.3 Å². The average molecular weight is 238 g/mol. The molecule has 0 bridgehead atoms. The second kappa shape index (κ2) is 4.30. The summed E-state index contributed by atoms with van der Waals surface area (Å²) < 4.78 is 10.00. The van der Waals surface area contributed by atoms with Gasteiger partial charge in [-0.2, -0.15) is 0 Å². The van der Waals surface area contributed by atoms with Crippen LogP contribution in [-0.2, 0) is 4.79 Å². The molecule has 4 N–H and O–H groups in total. The zero-order valence-electron chi connectivity index (χ0n) is 8.66. The highest BCUT2D eigenvalue weighted by molar-refractivity contribution is 5.87. The van der Waals surface area contributed by atoms with E-state index < -0.39 is 12.1 Å². The number of aliphatic hydroxyl groups excluding tert-OH is 1. The lowest BCUT2D eigenvalue weighted by Crippen LogP contribution is -2.26. The number of nitrogen functional groups attached to an aromatic ring is 1. The number of nitrogens with zero attached hydrogens (tertiary/aromatic N) is 1. The Hall–Kier alpha value is -2.28. The number of ether oxygens (including phenoxy) is 1. The lowest BCUT2D eigenvalue weighted by molar-refractivity contribution is -0.148. The van der Waals surface area contributed by atoms with E-state index in [2.05, 4.69) is 5.16 Å². The van der Waals surface area contributed by atoms with Gasteiger partial charge in [0.2, 0.25) is 0 Å². The summed E-state index contributed by atoms with van der Waals surface area (Å²) in [5.74, 6) is -0.693. The van der Waals surface area contributed by atoms with Crippen LogP contribution < -0.4 is 10.5 Å². The molecule has 0 aliphatic carbocycles. The largest absolute Gasteiger partial charge is 0.490 e. The predicted octanol–water partition coefficient (Wildman–Crippen LogP) is 0.234. The van der Waals surface area contributed by atoms with Gasteiger partial charge in [0.25, 0.3) is 0 Å². The molecule has 1 aromatic heterocycles. The summed E-state index contributed by atoms with van der Waals surface area (Å²) in [6.45, 7) is -0.343. The molecule has 1 atom stereocenters. The number of aliphatic hydroxyl groups is 1. The molecule has 0 fully saturated rings. The summed E-state index contributed by atoms with van der Waals surface area (Å²) in [5.41, 5.74) is 5.96. The van der Waals surface area contributed by atoms with Gasteiger partial charge in [-0.15, -0.1) is 0 Å². The van der Waals surface area contributed by atoms with Crippen LogP contribution in [0.5, 0.6) is 5.75 Å². The fourth-order valence-electron chi connectivity index (χ4n) is 1.27. The number of benzene rings is 1. The maximum atomic E-state index is 10.4. The molecule has 1 unspecified atom stereocenters. The van der Waals surface area contributed by atoms with Crippen molar-refractivity contribution in [1.29, 1.82) is 0 Å². The summed E-state index contributed by atoms with van der Waals surface area (Å²) in [5, 5.41) is 21.7. The minimum Gasteiger partial charge on any atom is -0.490 e. The van der Waals surface area contributed by atoms with Gasteiger partial charge in [0, 0.05) is 6.07 Å². The fourth-order valence-corrected chi connectivity index (χ4v) is 1.27. The topological polar surface area (TPSA) is 119 Å². The van der Waals surface area contributed by atoms with Gasteiger partial charge in [-0.1, -0.05) is 5.16 Å². The van der Waals surface area contributed by atoms with Crippen molar-refractivity contribution >= 4 is 22.8 Å². The normalized spacial score (nSPS) is 12.5. The Morgan fingerprint density at radius 3 is 3.06 bits per heavy atom. The molecule has 1 aromatic carbocycles. The molecule has 2 rings (SSSR count). The summed E-state index contributed by atoms with van der Waals surface area (Å²) >= 11 is 0. The first kappa shape index (κ1) is 11.2. The first-order valence-electron chi connectivity index (χ1n) is 4.76. The molecule has 0 aliphatic rings. The van der Waals surface area contributed by atoms with Gasteiger partial charge in [0.05, 0.1) is 5.39 Å². The summed E-state index contributed by atoms with van der Waals surface area (Å²) in [6, 6.07) is 4.75. The maximum absolute atomic E-state index is 10.4. The van der Waals surface area contributed by atoms with E-state index in [1.165, 1.54) is 6.07 Å². The smallest absolute Gasteiger partial charge is 0.336 e. The van der Waals surface area contributed by atoms with Crippen molar-refractivity contribution in [2.45, 2.75) is 6.10 Å². The van der Waals surface area contributed by atoms with Crippen molar-refractivity contribution in [3.8, 4) is 5.75 Å². The van der Waals surface area contributed by atoms with Crippen molar-refractivity contribution in [2.24, 2.45) is 0 Å². The number of fused-ring (bicyclic) bond motifs is 1. The zero-order valence-corrected chi connectivity index (χ0v) is 8.66.